The van der Waals surface area contributed by atoms with Gasteiger partial charge < -0.3 is 15.7 Å². The molecule has 0 aromatic rings. The second-order valence-electron chi connectivity index (χ2n) is 5.41. The Bertz CT molecular complexity index is 360. The highest BCUT2D eigenvalue weighted by Crippen LogP contribution is 2.45. The molecule has 3 N–H and O–H groups in total. The largest absolute Gasteiger partial charge is 0.480 e. The van der Waals surface area contributed by atoms with E-state index in [9.17, 15) is 14.7 Å². The molecule has 19 heavy (non-hydrogen) atoms. The van der Waals surface area contributed by atoms with E-state index in [4.69, 9.17) is 5.73 Å². The minimum atomic E-state index is -0.910. The molecule has 0 aromatic heterocycles. The lowest BCUT2D eigenvalue weighted by atomic mass is 10.1. The van der Waals surface area contributed by atoms with Crippen molar-refractivity contribution in [3.8, 4) is 0 Å². The molecule has 2 unspecified atom stereocenters. The Balaban J connectivity index is 2.06. The van der Waals surface area contributed by atoms with Gasteiger partial charge in [-0.15, -0.1) is 11.8 Å². The molecule has 1 saturated carbocycles. The fourth-order valence-electron chi connectivity index (χ4n) is 2.48. The zero-order valence-electron chi connectivity index (χ0n) is 11.2. The monoisotopic (exact) mass is 286 g/mol. The summed E-state index contributed by atoms with van der Waals surface area (Å²) in [5.74, 6) is -0.131. The van der Waals surface area contributed by atoms with Crippen molar-refractivity contribution >= 4 is 23.6 Å². The minimum absolute atomic E-state index is 0.0290. The summed E-state index contributed by atoms with van der Waals surface area (Å²) in [6.45, 7) is 2.05. The fourth-order valence-corrected chi connectivity index (χ4v) is 4.12. The van der Waals surface area contributed by atoms with E-state index in [0.29, 0.717) is 18.1 Å². The van der Waals surface area contributed by atoms with Gasteiger partial charge >= 0.3 is 5.97 Å². The molecule has 6 heteroatoms. The minimum Gasteiger partial charge on any atom is -0.480 e. The van der Waals surface area contributed by atoms with Crippen molar-refractivity contribution in [2.24, 2.45) is 11.7 Å². The first kappa shape index (κ1) is 14.7. The Morgan fingerprint density at radius 1 is 1.47 bits per heavy atom. The third-order valence-corrected chi connectivity index (χ3v) is 5.25. The molecule has 1 amide bonds. The van der Waals surface area contributed by atoms with Gasteiger partial charge in [0.05, 0.1) is 11.4 Å². The highest BCUT2D eigenvalue weighted by Gasteiger charge is 2.48. The first-order valence-corrected chi connectivity index (χ1v) is 8.03. The topological polar surface area (TPSA) is 83.6 Å². The Labute approximate surface area is 117 Å². The van der Waals surface area contributed by atoms with Gasteiger partial charge in [0, 0.05) is 5.75 Å². The number of thioether (sulfide) groups is 1. The maximum atomic E-state index is 12.4. The maximum Gasteiger partial charge on any atom is 0.327 e. The maximum absolute atomic E-state index is 12.4. The molecule has 2 rings (SSSR count). The molecule has 2 aliphatic rings. The Hall–Kier alpha value is -0.750. The van der Waals surface area contributed by atoms with Crippen LogP contribution in [0.15, 0.2) is 0 Å². The van der Waals surface area contributed by atoms with Crippen molar-refractivity contribution in [1.29, 1.82) is 0 Å². The number of unbranched alkanes of at least 4 members (excludes halogenated alkanes) is 1. The summed E-state index contributed by atoms with van der Waals surface area (Å²) in [6.07, 6.45) is 4.72. The van der Waals surface area contributed by atoms with Crippen LogP contribution in [0.25, 0.3) is 0 Å². The first-order chi connectivity index (χ1) is 9.06. The number of hydrogen-bond acceptors (Lipinski definition) is 4. The van der Waals surface area contributed by atoms with Crippen molar-refractivity contribution < 1.29 is 14.7 Å². The normalized spacial score (nSPS) is 28.4. The zero-order chi connectivity index (χ0) is 14.0. The second-order valence-corrected chi connectivity index (χ2v) is 6.56. The van der Waals surface area contributed by atoms with Crippen molar-refractivity contribution in [2.45, 2.75) is 56.5 Å². The summed E-state index contributed by atoms with van der Waals surface area (Å²) < 4.78 is 0. The zero-order valence-corrected chi connectivity index (χ0v) is 12.1. The molecule has 2 fully saturated rings. The summed E-state index contributed by atoms with van der Waals surface area (Å²) in [7, 11) is 0. The van der Waals surface area contributed by atoms with Crippen LogP contribution in [0, 0.1) is 5.92 Å². The lowest BCUT2D eigenvalue weighted by Gasteiger charge is -2.29. The molecule has 1 aliphatic carbocycles. The number of nitrogens with two attached hydrogens (primary N) is 1. The summed E-state index contributed by atoms with van der Waals surface area (Å²) in [5.41, 5.74) is 5.93. The molecule has 108 valence electrons. The van der Waals surface area contributed by atoms with E-state index in [1.807, 2.05) is 0 Å². The van der Waals surface area contributed by atoms with E-state index in [1.54, 1.807) is 16.7 Å². The van der Waals surface area contributed by atoms with Gasteiger partial charge in [-0.05, 0) is 25.2 Å². The molecule has 5 nitrogen and oxygen atoms in total. The Morgan fingerprint density at radius 3 is 2.68 bits per heavy atom. The van der Waals surface area contributed by atoms with Gasteiger partial charge in [0.25, 0.3) is 0 Å². The van der Waals surface area contributed by atoms with Crippen LogP contribution in [0.2, 0.25) is 0 Å². The van der Waals surface area contributed by atoms with Gasteiger partial charge in [-0.3, -0.25) is 4.79 Å². The molecule has 3 atom stereocenters. The summed E-state index contributed by atoms with van der Waals surface area (Å²) >= 11 is 1.60. The fraction of sp³-hybridized carbons (Fsp3) is 0.846. The van der Waals surface area contributed by atoms with Crippen LogP contribution in [0.1, 0.15) is 39.0 Å². The number of hydrogen-bond donors (Lipinski definition) is 2. The summed E-state index contributed by atoms with van der Waals surface area (Å²) in [6, 6.07) is -1.25. The van der Waals surface area contributed by atoms with E-state index in [1.165, 1.54) is 0 Å². The SMILES string of the molecule is CCCC[C@H](N)C(=O)N1C(C(=O)O)CSC1C1CC1. The van der Waals surface area contributed by atoms with Gasteiger partial charge in [0.2, 0.25) is 5.91 Å². The van der Waals surface area contributed by atoms with E-state index in [2.05, 4.69) is 6.92 Å². The van der Waals surface area contributed by atoms with E-state index < -0.39 is 18.1 Å². The second kappa shape index (κ2) is 6.13. The Morgan fingerprint density at radius 2 is 2.16 bits per heavy atom. The molecule has 0 aromatic carbocycles. The van der Waals surface area contributed by atoms with Gasteiger partial charge in [-0.2, -0.15) is 0 Å². The number of aliphatic carboxylic acids is 1. The molecular weight excluding hydrogens is 264 g/mol. The number of carbonyl (C=O) groups is 2. The van der Waals surface area contributed by atoms with Gasteiger partial charge in [0.1, 0.15) is 6.04 Å². The first-order valence-electron chi connectivity index (χ1n) is 6.98. The van der Waals surface area contributed by atoms with Crippen molar-refractivity contribution in [3.63, 3.8) is 0 Å². The molecule has 1 saturated heterocycles. The van der Waals surface area contributed by atoms with Gasteiger partial charge in [0.15, 0.2) is 0 Å². The number of carbonyl (C=O) groups excluding carboxylic acids is 1. The van der Waals surface area contributed by atoms with Crippen LogP contribution >= 0.6 is 11.8 Å². The van der Waals surface area contributed by atoms with E-state index >= 15 is 0 Å². The smallest absolute Gasteiger partial charge is 0.327 e. The van der Waals surface area contributed by atoms with Crippen LogP contribution in [-0.2, 0) is 9.59 Å². The number of carboxylic acids is 1. The molecule has 0 radical (unpaired) electrons. The molecule has 1 aliphatic heterocycles. The average molecular weight is 286 g/mol. The molecule has 1 heterocycles. The summed E-state index contributed by atoms with van der Waals surface area (Å²) in [5, 5.41) is 9.29. The number of carboxylic acid groups (broad SMARTS) is 1. The summed E-state index contributed by atoms with van der Waals surface area (Å²) in [4.78, 5) is 25.3. The highest BCUT2D eigenvalue weighted by molar-refractivity contribution is 8.00. The Kier molecular flexibility index (Phi) is 4.73. The highest BCUT2D eigenvalue weighted by atomic mass is 32.2. The van der Waals surface area contributed by atoms with Gasteiger partial charge in [-0.1, -0.05) is 19.8 Å². The predicted molar refractivity (Wildman–Crippen MR) is 74.7 cm³/mol. The number of rotatable bonds is 6. The quantitative estimate of drug-likeness (QED) is 0.768. The average Bonchev–Trinajstić information content (AvgIpc) is 3.13. The van der Waals surface area contributed by atoms with E-state index in [-0.39, 0.29) is 11.3 Å². The third-order valence-electron chi connectivity index (χ3n) is 3.79. The number of nitrogens with zero attached hydrogens (tertiary/aromatic N) is 1. The standard InChI is InChI=1S/C13H22N2O3S/c1-2-3-4-9(14)11(16)15-10(13(17)18)7-19-12(15)8-5-6-8/h8-10,12H,2-7,14H2,1H3,(H,17,18)/t9-,10?,12?/m0/s1. The van der Waals surface area contributed by atoms with Crippen LogP contribution in [0.4, 0.5) is 0 Å². The molecule has 0 spiro atoms. The van der Waals surface area contributed by atoms with Gasteiger partial charge in [-0.25, -0.2) is 4.79 Å². The van der Waals surface area contributed by atoms with Crippen LogP contribution in [-0.4, -0.2) is 45.1 Å². The van der Waals surface area contributed by atoms with Crippen molar-refractivity contribution in [1.82, 2.24) is 4.90 Å². The lowest BCUT2D eigenvalue weighted by Crippen LogP contribution is -2.52. The third kappa shape index (κ3) is 3.23. The van der Waals surface area contributed by atoms with Crippen LogP contribution < -0.4 is 5.73 Å². The predicted octanol–water partition coefficient (Wildman–Crippen LogP) is 1.27. The number of amides is 1. The molecule has 0 bridgehead atoms. The van der Waals surface area contributed by atoms with E-state index in [0.717, 1.165) is 25.7 Å². The lowest BCUT2D eigenvalue weighted by molar-refractivity contribution is -0.150. The van der Waals surface area contributed by atoms with Crippen molar-refractivity contribution in [3.05, 3.63) is 0 Å². The van der Waals surface area contributed by atoms with Crippen LogP contribution in [0.3, 0.4) is 0 Å². The van der Waals surface area contributed by atoms with Crippen LogP contribution in [0.5, 0.6) is 0 Å². The molecular formula is C13H22N2O3S. The van der Waals surface area contributed by atoms with Crippen molar-refractivity contribution in [2.75, 3.05) is 5.75 Å².